The van der Waals surface area contributed by atoms with Gasteiger partial charge in [0.15, 0.2) is 5.17 Å². The molecule has 22 heavy (non-hydrogen) atoms. The van der Waals surface area contributed by atoms with Crippen LogP contribution in [0.5, 0.6) is 5.75 Å². The fraction of sp³-hybridized carbons (Fsp3) is 0.0588. The van der Waals surface area contributed by atoms with Crippen molar-refractivity contribution in [2.24, 2.45) is 4.99 Å². The van der Waals surface area contributed by atoms with Crippen LogP contribution in [-0.2, 0) is 4.79 Å². The van der Waals surface area contributed by atoms with Crippen molar-refractivity contribution in [3.05, 3.63) is 64.6 Å². The molecule has 2 aromatic rings. The van der Waals surface area contributed by atoms with E-state index >= 15 is 0 Å². The summed E-state index contributed by atoms with van der Waals surface area (Å²) in [6.45, 7) is 2.00. The van der Waals surface area contributed by atoms with E-state index < -0.39 is 0 Å². The van der Waals surface area contributed by atoms with Crippen LogP contribution in [0.4, 0.5) is 5.69 Å². The lowest BCUT2D eigenvalue weighted by Gasteiger charge is -1.99. The predicted molar refractivity (Wildman–Crippen MR) is 90.1 cm³/mol. The zero-order valence-electron chi connectivity index (χ0n) is 11.9. The molecule has 0 saturated carbocycles. The van der Waals surface area contributed by atoms with Crippen LogP contribution in [0.15, 0.2) is 58.4 Å². The molecule has 0 radical (unpaired) electrons. The Morgan fingerprint density at radius 3 is 2.64 bits per heavy atom. The van der Waals surface area contributed by atoms with E-state index in [0.717, 1.165) is 11.1 Å². The van der Waals surface area contributed by atoms with Crippen molar-refractivity contribution in [1.82, 2.24) is 5.32 Å². The molecule has 1 aliphatic rings. The molecule has 0 aliphatic carbocycles. The van der Waals surface area contributed by atoms with Gasteiger partial charge in [-0.15, -0.1) is 0 Å². The molecule has 2 aromatic carbocycles. The lowest BCUT2D eigenvalue weighted by molar-refractivity contribution is -0.115. The topological polar surface area (TPSA) is 61.7 Å². The summed E-state index contributed by atoms with van der Waals surface area (Å²) in [5.74, 6) is -0.0939. The van der Waals surface area contributed by atoms with Gasteiger partial charge < -0.3 is 10.4 Å². The number of aryl methyl sites for hydroxylation is 1. The molecule has 1 saturated heterocycles. The van der Waals surface area contributed by atoms with Crippen molar-refractivity contribution in [3.8, 4) is 5.75 Å². The van der Waals surface area contributed by atoms with E-state index in [4.69, 9.17) is 0 Å². The predicted octanol–water partition coefficient (Wildman–Crippen LogP) is 3.59. The van der Waals surface area contributed by atoms with Crippen LogP contribution < -0.4 is 5.32 Å². The molecular formula is C17H14N2O2S. The number of rotatable bonds is 2. The van der Waals surface area contributed by atoms with Crippen molar-refractivity contribution < 1.29 is 9.90 Å². The minimum absolute atomic E-state index is 0.0844. The van der Waals surface area contributed by atoms with Crippen molar-refractivity contribution >= 4 is 34.6 Å². The standard InChI is InChI=1S/C17H14N2O2S/c1-11-6-2-3-7-12(11)10-15-16(21)19-17(22-15)18-13-8-4-5-9-14(13)20/h2-10,20H,1H3,(H,18,19,21). The molecule has 0 bridgehead atoms. The number of hydrogen-bond donors (Lipinski definition) is 2. The normalized spacial score (nSPS) is 18.0. The van der Waals surface area contributed by atoms with Crippen LogP contribution >= 0.6 is 11.8 Å². The van der Waals surface area contributed by atoms with Crippen LogP contribution in [0.2, 0.25) is 0 Å². The maximum Gasteiger partial charge on any atom is 0.264 e. The van der Waals surface area contributed by atoms with Gasteiger partial charge in [0.25, 0.3) is 5.91 Å². The number of benzene rings is 2. The molecule has 1 aliphatic heterocycles. The van der Waals surface area contributed by atoms with E-state index in [9.17, 15) is 9.90 Å². The fourth-order valence-corrected chi connectivity index (χ4v) is 2.86. The smallest absolute Gasteiger partial charge is 0.264 e. The Morgan fingerprint density at radius 2 is 1.86 bits per heavy atom. The zero-order valence-corrected chi connectivity index (χ0v) is 12.7. The summed E-state index contributed by atoms with van der Waals surface area (Å²) in [4.78, 5) is 16.9. The number of aromatic hydroxyl groups is 1. The van der Waals surface area contributed by atoms with Crippen LogP contribution in [0, 0.1) is 6.92 Å². The summed E-state index contributed by atoms with van der Waals surface area (Å²) in [5, 5.41) is 12.9. The van der Waals surface area contributed by atoms with Crippen LogP contribution in [0.3, 0.4) is 0 Å². The van der Waals surface area contributed by atoms with Crippen molar-refractivity contribution in [2.45, 2.75) is 6.92 Å². The van der Waals surface area contributed by atoms with Crippen LogP contribution in [-0.4, -0.2) is 16.2 Å². The molecule has 1 fully saturated rings. The number of para-hydroxylation sites is 2. The quantitative estimate of drug-likeness (QED) is 0.833. The van der Waals surface area contributed by atoms with Crippen molar-refractivity contribution in [3.63, 3.8) is 0 Å². The van der Waals surface area contributed by atoms with Gasteiger partial charge in [-0.25, -0.2) is 4.99 Å². The number of phenols is 1. The van der Waals surface area contributed by atoms with Crippen LogP contribution in [0.1, 0.15) is 11.1 Å². The molecule has 110 valence electrons. The maximum atomic E-state index is 12.0. The highest BCUT2D eigenvalue weighted by molar-refractivity contribution is 8.18. The molecule has 1 amide bonds. The average Bonchev–Trinajstić information content (AvgIpc) is 2.84. The molecule has 5 heteroatoms. The molecule has 0 aromatic heterocycles. The third kappa shape index (κ3) is 3.04. The highest BCUT2D eigenvalue weighted by Gasteiger charge is 2.24. The molecule has 2 N–H and O–H groups in total. The summed E-state index contributed by atoms with van der Waals surface area (Å²) in [6.07, 6.45) is 1.85. The van der Waals surface area contributed by atoms with E-state index in [1.807, 2.05) is 37.3 Å². The summed E-state index contributed by atoms with van der Waals surface area (Å²) < 4.78 is 0. The number of amidine groups is 1. The van der Waals surface area contributed by atoms with Gasteiger partial charge in [0.2, 0.25) is 0 Å². The Morgan fingerprint density at radius 1 is 1.14 bits per heavy atom. The van der Waals surface area contributed by atoms with Crippen molar-refractivity contribution in [2.75, 3.05) is 0 Å². The van der Waals surface area contributed by atoms with Gasteiger partial charge in [-0.3, -0.25) is 4.79 Å². The highest BCUT2D eigenvalue weighted by atomic mass is 32.2. The minimum Gasteiger partial charge on any atom is -0.506 e. The second-order valence-corrected chi connectivity index (χ2v) is 5.86. The average molecular weight is 310 g/mol. The number of carbonyl (C=O) groups is 1. The Bertz CT molecular complexity index is 797. The Labute approximate surface area is 132 Å². The van der Waals surface area contributed by atoms with E-state index in [1.165, 1.54) is 11.8 Å². The third-order valence-electron chi connectivity index (χ3n) is 3.23. The Kier molecular flexibility index (Phi) is 3.98. The number of carbonyl (C=O) groups excluding carboxylic acids is 1. The van der Waals surface area contributed by atoms with Gasteiger partial charge >= 0.3 is 0 Å². The first kappa shape index (κ1) is 14.4. The first-order valence-corrected chi connectivity index (χ1v) is 7.58. The molecule has 3 rings (SSSR count). The monoisotopic (exact) mass is 310 g/mol. The molecule has 4 nitrogen and oxygen atoms in total. The lowest BCUT2D eigenvalue weighted by Crippen LogP contribution is -2.19. The first-order chi connectivity index (χ1) is 10.6. The molecule has 1 heterocycles. The van der Waals surface area contributed by atoms with E-state index in [1.54, 1.807) is 24.3 Å². The van der Waals surface area contributed by atoms with Gasteiger partial charge in [0, 0.05) is 0 Å². The zero-order chi connectivity index (χ0) is 15.5. The van der Waals surface area contributed by atoms with E-state index in [0.29, 0.717) is 15.8 Å². The number of thioether (sulfide) groups is 1. The summed E-state index contributed by atoms with van der Waals surface area (Å²) in [6, 6.07) is 14.6. The van der Waals surface area contributed by atoms with Crippen LogP contribution in [0.25, 0.3) is 6.08 Å². The number of phenolic OH excluding ortho intramolecular Hbond substituents is 1. The number of amides is 1. The minimum atomic E-state index is -0.178. The van der Waals surface area contributed by atoms with Gasteiger partial charge in [-0.2, -0.15) is 0 Å². The summed E-state index contributed by atoms with van der Waals surface area (Å²) in [5.41, 5.74) is 2.54. The fourth-order valence-electron chi connectivity index (χ4n) is 2.04. The lowest BCUT2D eigenvalue weighted by atomic mass is 10.1. The number of nitrogens with one attached hydrogen (secondary N) is 1. The summed E-state index contributed by atoms with van der Waals surface area (Å²) in [7, 11) is 0. The molecular weight excluding hydrogens is 296 g/mol. The second kappa shape index (κ2) is 6.07. The molecule has 0 atom stereocenters. The third-order valence-corrected chi connectivity index (χ3v) is 4.14. The van der Waals surface area contributed by atoms with Gasteiger partial charge in [-0.1, -0.05) is 36.4 Å². The Hall–Kier alpha value is -2.53. The maximum absolute atomic E-state index is 12.0. The van der Waals surface area contributed by atoms with Gasteiger partial charge in [-0.05, 0) is 48.0 Å². The van der Waals surface area contributed by atoms with Crippen molar-refractivity contribution in [1.29, 1.82) is 0 Å². The van der Waals surface area contributed by atoms with Gasteiger partial charge in [0.1, 0.15) is 11.4 Å². The number of hydrogen-bond acceptors (Lipinski definition) is 4. The number of nitrogens with zero attached hydrogens (tertiary/aromatic N) is 1. The van der Waals surface area contributed by atoms with E-state index in [2.05, 4.69) is 10.3 Å². The number of aliphatic imine (C=N–C) groups is 1. The summed E-state index contributed by atoms with van der Waals surface area (Å²) >= 11 is 1.27. The molecule has 0 unspecified atom stereocenters. The van der Waals surface area contributed by atoms with Gasteiger partial charge in [0.05, 0.1) is 4.91 Å². The first-order valence-electron chi connectivity index (χ1n) is 6.77. The van der Waals surface area contributed by atoms with E-state index in [-0.39, 0.29) is 11.7 Å². The largest absolute Gasteiger partial charge is 0.506 e. The second-order valence-electron chi connectivity index (χ2n) is 4.83. The SMILES string of the molecule is Cc1ccccc1C=C1SC(=Nc2ccccc2O)NC1=O. The Balaban J connectivity index is 1.88. The highest BCUT2D eigenvalue weighted by Crippen LogP contribution is 2.31. The molecule has 0 spiro atoms.